The Morgan fingerprint density at radius 1 is 1.07 bits per heavy atom. The number of benzene rings is 1. The van der Waals surface area contributed by atoms with Crippen LogP contribution in [0.4, 0.5) is 5.69 Å². The topological polar surface area (TPSA) is 59.5 Å². The fraction of sp³-hybridized carbons (Fsp3) is 0.318. The van der Waals surface area contributed by atoms with E-state index in [1.807, 2.05) is 43.3 Å². The molecule has 138 valence electrons. The summed E-state index contributed by atoms with van der Waals surface area (Å²) in [5.74, 6) is 0.771. The molecule has 4 rings (SSSR count). The Balaban J connectivity index is 1.78. The van der Waals surface area contributed by atoms with Gasteiger partial charge in [-0.25, -0.2) is 0 Å². The number of aromatic nitrogens is 1. The number of anilines is 1. The van der Waals surface area contributed by atoms with Gasteiger partial charge in [0, 0.05) is 48.1 Å². The second-order valence-electron chi connectivity index (χ2n) is 6.83. The average Bonchev–Trinajstić information content (AvgIpc) is 2.69. The zero-order chi connectivity index (χ0) is 18.8. The third-order valence-corrected chi connectivity index (χ3v) is 5.19. The Bertz CT molecular complexity index is 888. The molecule has 0 saturated heterocycles. The van der Waals surface area contributed by atoms with Gasteiger partial charge in [0.25, 0.3) is 0 Å². The molecule has 2 aromatic rings. The highest BCUT2D eigenvalue weighted by atomic mass is 16.5. The molecule has 0 radical (unpaired) electrons. The number of rotatable bonds is 4. The van der Waals surface area contributed by atoms with Crippen LogP contribution in [0.15, 0.2) is 60.1 Å². The number of pyridine rings is 1. The summed E-state index contributed by atoms with van der Waals surface area (Å²) in [5.41, 5.74) is 3.42. The molecule has 1 aromatic carbocycles. The number of carbonyl (C=O) groups excluding carboxylic acids is 2. The molecule has 5 nitrogen and oxygen atoms in total. The van der Waals surface area contributed by atoms with Gasteiger partial charge in [0.1, 0.15) is 5.75 Å². The third-order valence-electron chi connectivity index (χ3n) is 5.19. The van der Waals surface area contributed by atoms with Crippen LogP contribution in [0.2, 0.25) is 0 Å². The van der Waals surface area contributed by atoms with Gasteiger partial charge in [-0.15, -0.1) is 0 Å². The van der Waals surface area contributed by atoms with Crippen molar-refractivity contribution in [3.05, 3.63) is 65.6 Å². The van der Waals surface area contributed by atoms with E-state index in [4.69, 9.17) is 4.74 Å². The minimum absolute atomic E-state index is 0.0226. The van der Waals surface area contributed by atoms with Crippen LogP contribution in [0, 0.1) is 0 Å². The number of hydrogen-bond donors (Lipinski definition) is 0. The van der Waals surface area contributed by atoms with Crippen LogP contribution < -0.4 is 9.64 Å². The molecule has 0 bridgehead atoms. The average molecular weight is 362 g/mol. The highest BCUT2D eigenvalue weighted by Gasteiger charge is 2.39. The van der Waals surface area contributed by atoms with Gasteiger partial charge < -0.3 is 4.74 Å². The Kier molecular flexibility index (Phi) is 4.75. The van der Waals surface area contributed by atoms with Gasteiger partial charge in [-0.1, -0.05) is 0 Å². The molecule has 1 aliphatic carbocycles. The molecule has 1 aliphatic heterocycles. The molecule has 1 aromatic heterocycles. The first-order valence-electron chi connectivity index (χ1n) is 9.41. The van der Waals surface area contributed by atoms with Gasteiger partial charge >= 0.3 is 0 Å². The van der Waals surface area contributed by atoms with Gasteiger partial charge in [0.2, 0.25) is 5.91 Å². The van der Waals surface area contributed by atoms with Crippen LogP contribution in [0.3, 0.4) is 0 Å². The molecule has 1 atom stereocenters. The van der Waals surface area contributed by atoms with Gasteiger partial charge in [-0.05, 0) is 61.7 Å². The summed E-state index contributed by atoms with van der Waals surface area (Å²) in [6.07, 6.45) is 5.79. The van der Waals surface area contributed by atoms with Crippen molar-refractivity contribution < 1.29 is 14.3 Å². The first kappa shape index (κ1) is 17.5. The van der Waals surface area contributed by atoms with Crippen molar-refractivity contribution in [3.8, 4) is 5.75 Å². The van der Waals surface area contributed by atoms with Crippen molar-refractivity contribution in [2.24, 2.45) is 0 Å². The summed E-state index contributed by atoms with van der Waals surface area (Å²) in [5, 5.41) is 0. The zero-order valence-corrected chi connectivity index (χ0v) is 15.4. The van der Waals surface area contributed by atoms with E-state index < -0.39 is 0 Å². The third kappa shape index (κ3) is 3.25. The number of ketones is 1. The van der Waals surface area contributed by atoms with Crippen molar-refractivity contribution in [1.82, 2.24) is 4.98 Å². The van der Waals surface area contributed by atoms with E-state index in [0.29, 0.717) is 19.4 Å². The van der Waals surface area contributed by atoms with Crippen molar-refractivity contribution in [3.63, 3.8) is 0 Å². The first-order valence-corrected chi connectivity index (χ1v) is 9.41. The predicted octanol–water partition coefficient (Wildman–Crippen LogP) is 4.01. The first-order chi connectivity index (χ1) is 13.2. The normalized spacial score (nSPS) is 19.9. The molecule has 0 N–H and O–H groups in total. The summed E-state index contributed by atoms with van der Waals surface area (Å²) in [6.45, 7) is 2.53. The lowest BCUT2D eigenvalue weighted by atomic mass is 9.77. The molecule has 27 heavy (non-hydrogen) atoms. The quantitative estimate of drug-likeness (QED) is 0.825. The van der Waals surface area contributed by atoms with Crippen LogP contribution >= 0.6 is 0 Å². The molecule has 0 fully saturated rings. The van der Waals surface area contributed by atoms with Gasteiger partial charge in [-0.2, -0.15) is 0 Å². The predicted molar refractivity (Wildman–Crippen MR) is 103 cm³/mol. The number of hydrogen-bond acceptors (Lipinski definition) is 4. The van der Waals surface area contributed by atoms with Gasteiger partial charge in [0.15, 0.2) is 5.78 Å². The van der Waals surface area contributed by atoms with E-state index in [0.717, 1.165) is 41.1 Å². The highest BCUT2D eigenvalue weighted by Crippen LogP contribution is 2.43. The minimum Gasteiger partial charge on any atom is -0.494 e. The van der Waals surface area contributed by atoms with Crippen LogP contribution in [0.25, 0.3) is 0 Å². The maximum Gasteiger partial charge on any atom is 0.232 e. The number of nitrogens with zero attached hydrogens (tertiary/aromatic N) is 2. The summed E-state index contributed by atoms with van der Waals surface area (Å²) in [6, 6.07) is 11.3. The highest BCUT2D eigenvalue weighted by molar-refractivity contribution is 6.07. The fourth-order valence-electron chi connectivity index (χ4n) is 4.03. The van der Waals surface area contributed by atoms with Crippen molar-refractivity contribution in [2.45, 2.75) is 38.5 Å². The summed E-state index contributed by atoms with van der Waals surface area (Å²) < 4.78 is 5.50. The standard InChI is InChI=1S/C22H22N2O3/c1-2-27-17-8-6-16(7-9-17)24-19-4-3-5-20(25)22(19)18(14-21(24)26)15-10-12-23-13-11-15/h6-13,18H,2-5,14H2,1H3. The van der Waals surface area contributed by atoms with E-state index in [-0.39, 0.29) is 17.6 Å². The van der Waals surface area contributed by atoms with Crippen LogP contribution in [0.5, 0.6) is 5.75 Å². The largest absolute Gasteiger partial charge is 0.494 e. The lowest BCUT2D eigenvalue weighted by Gasteiger charge is -2.38. The molecule has 2 aliphatic rings. The Labute approximate surface area is 158 Å². The minimum atomic E-state index is -0.178. The molecule has 5 heteroatoms. The number of amides is 1. The van der Waals surface area contributed by atoms with Crippen LogP contribution in [0.1, 0.15) is 44.1 Å². The smallest absolute Gasteiger partial charge is 0.232 e. The van der Waals surface area contributed by atoms with Crippen LogP contribution in [-0.2, 0) is 9.59 Å². The zero-order valence-electron chi connectivity index (χ0n) is 15.4. The maximum absolute atomic E-state index is 13.1. The number of Topliss-reactive ketones (excluding diaryl/α,β-unsaturated/α-hetero) is 1. The fourth-order valence-corrected chi connectivity index (χ4v) is 4.03. The molecular formula is C22H22N2O3. The monoisotopic (exact) mass is 362 g/mol. The van der Waals surface area contributed by atoms with Gasteiger partial charge in [-0.3, -0.25) is 19.5 Å². The molecule has 1 amide bonds. The second kappa shape index (κ2) is 7.35. The molecule has 2 heterocycles. The second-order valence-corrected chi connectivity index (χ2v) is 6.83. The number of carbonyl (C=O) groups is 2. The van der Waals surface area contributed by atoms with Crippen molar-refractivity contribution in [2.75, 3.05) is 11.5 Å². The van der Waals surface area contributed by atoms with E-state index >= 15 is 0 Å². The lowest BCUT2D eigenvalue weighted by Crippen LogP contribution is -2.40. The summed E-state index contributed by atoms with van der Waals surface area (Å²) >= 11 is 0. The molecule has 1 unspecified atom stereocenters. The molecule has 0 saturated carbocycles. The number of allylic oxidation sites excluding steroid dienone is 2. The Morgan fingerprint density at radius 3 is 2.52 bits per heavy atom. The molecule has 0 spiro atoms. The van der Waals surface area contributed by atoms with E-state index in [1.165, 1.54) is 0 Å². The van der Waals surface area contributed by atoms with Gasteiger partial charge in [0.05, 0.1) is 6.61 Å². The Morgan fingerprint density at radius 2 is 1.81 bits per heavy atom. The van der Waals surface area contributed by atoms with E-state index in [2.05, 4.69) is 4.98 Å². The van der Waals surface area contributed by atoms with Crippen molar-refractivity contribution in [1.29, 1.82) is 0 Å². The SMILES string of the molecule is CCOc1ccc(N2C(=O)CC(c3ccncc3)C3=C2CCCC3=O)cc1. The van der Waals surface area contributed by atoms with E-state index in [1.54, 1.807) is 17.3 Å². The van der Waals surface area contributed by atoms with Crippen molar-refractivity contribution >= 4 is 17.4 Å². The lowest BCUT2D eigenvalue weighted by molar-refractivity contribution is -0.119. The van der Waals surface area contributed by atoms with Crippen LogP contribution in [-0.4, -0.2) is 23.3 Å². The Hall–Kier alpha value is -2.95. The summed E-state index contributed by atoms with van der Waals surface area (Å²) in [7, 11) is 0. The molecular weight excluding hydrogens is 340 g/mol. The van der Waals surface area contributed by atoms with E-state index in [9.17, 15) is 9.59 Å². The summed E-state index contributed by atoms with van der Waals surface area (Å²) in [4.78, 5) is 31.7. The number of ether oxygens (including phenoxy) is 1. The maximum atomic E-state index is 13.1.